The number of thiazole rings is 1. The van der Waals surface area contributed by atoms with E-state index in [0.717, 1.165) is 22.2 Å². The summed E-state index contributed by atoms with van der Waals surface area (Å²) < 4.78 is 0. The van der Waals surface area contributed by atoms with Crippen LogP contribution in [0.25, 0.3) is 10.9 Å². The molecule has 2 aromatic heterocycles. The molecule has 84 valence electrons. The van der Waals surface area contributed by atoms with E-state index in [2.05, 4.69) is 16.0 Å². The fraction of sp³-hybridized carbons (Fsp3) is 0.0769. The van der Waals surface area contributed by atoms with Crippen LogP contribution < -0.4 is 5.73 Å². The third kappa shape index (κ3) is 1.92. The number of hydrogen-bond donors (Lipinski definition) is 1. The molecule has 0 spiro atoms. The SMILES string of the molecule is NC(c1ccc2ncccc2c1)c1cscn1. The van der Waals surface area contributed by atoms with Crippen LogP contribution in [0.4, 0.5) is 0 Å². The second-order valence-corrected chi connectivity index (χ2v) is 4.57. The summed E-state index contributed by atoms with van der Waals surface area (Å²) in [6.45, 7) is 0. The normalized spacial score (nSPS) is 12.8. The van der Waals surface area contributed by atoms with Gasteiger partial charge in [-0.15, -0.1) is 11.3 Å². The summed E-state index contributed by atoms with van der Waals surface area (Å²) in [5, 5.41) is 3.09. The summed E-state index contributed by atoms with van der Waals surface area (Å²) in [7, 11) is 0. The number of rotatable bonds is 2. The Morgan fingerprint density at radius 1 is 1.18 bits per heavy atom. The summed E-state index contributed by atoms with van der Waals surface area (Å²) in [5.41, 5.74) is 10.9. The molecule has 0 bridgehead atoms. The quantitative estimate of drug-likeness (QED) is 0.750. The zero-order valence-electron chi connectivity index (χ0n) is 9.08. The van der Waals surface area contributed by atoms with Gasteiger partial charge in [0.25, 0.3) is 0 Å². The maximum absolute atomic E-state index is 6.18. The van der Waals surface area contributed by atoms with Gasteiger partial charge in [-0.05, 0) is 23.8 Å². The first-order valence-corrected chi connectivity index (χ1v) is 6.27. The van der Waals surface area contributed by atoms with E-state index in [0.29, 0.717) is 0 Å². The van der Waals surface area contributed by atoms with Crippen LogP contribution in [0.1, 0.15) is 17.3 Å². The van der Waals surface area contributed by atoms with Gasteiger partial charge in [0.05, 0.1) is 22.8 Å². The number of fused-ring (bicyclic) bond motifs is 1. The van der Waals surface area contributed by atoms with Gasteiger partial charge in [-0.25, -0.2) is 4.98 Å². The molecule has 0 aliphatic heterocycles. The Morgan fingerprint density at radius 2 is 2.12 bits per heavy atom. The van der Waals surface area contributed by atoms with Gasteiger partial charge in [0.2, 0.25) is 0 Å². The van der Waals surface area contributed by atoms with Gasteiger partial charge >= 0.3 is 0 Å². The molecule has 1 atom stereocenters. The molecule has 0 radical (unpaired) electrons. The first-order chi connectivity index (χ1) is 8.34. The molecule has 1 unspecified atom stereocenters. The number of benzene rings is 1. The van der Waals surface area contributed by atoms with Crippen LogP contribution in [0.15, 0.2) is 47.4 Å². The van der Waals surface area contributed by atoms with Crippen LogP contribution in [0.3, 0.4) is 0 Å². The number of aromatic nitrogens is 2. The van der Waals surface area contributed by atoms with E-state index >= 15 is 0 Å². The molecule has 2 N–H and O–H groups in total. The molecule has 2 heterocycles. The van der Waals surface area contributed by atoms with Crippen molar-refractivity contribution in [2.24, 2.45) is 5.73 Å². The number of hydrogen-bond acceptors (Lipinski definition) is 4. The molecule has 0 fully saturated rings. The second kappa shape index (κ2) is 4.24. The van der Waals surface area contributed by atoms with Crippen molar-refractivity contribution in [2.75, 3.05) is 0 Å². The van der Waals surface area contributed by atoms with Crippen molar-refractivity contribution in [3.63, 3.8) is 0 Å². The Bertz CT molecular complexity index is 634. The Kier molecular flexibility index (Phi) is 2.59. The zero-order chi connectivity index (χ0) is 11.7. The summed E-state index contributed by atoms with van der Waals surface area (Å²) in [5.74, 6) is 0. The minimum Gasteiger partial charge on any atom is -0.319 e. The lowest BCUT2D eigenvalue weighted by Crippen LogP contribution is -2.11. The lowest BCUT2D eigenvalue weighted by Gasteiger charge is -2.10. The first-order valence-electron chi connectivity index (χ1n) is 5.33. The van der Waals surface area contributed by atoms with Crippen molar-refractivity contribution in [1.29, 1.82) is 0 Å². The maximum atomic E-state index is 6.18. The third-order valence-electron chi connectivity index (χ3n) is 2.76. The smallest absolute Gasteiger partial charge is 0.0795 e. The van der Waals surface area contributed by atoms with E-state index in [-0.39, 0.29) is 6.04 Å². The second-order valence-electron chi connectivity index (χ2n) is 3.85. The Morgan fingerprint density at radius 3 is 2.94 bits per heavy atom. The van der Waals surface area contributed by atoms with Crippen molar-refractivity contribution in [3.8, 4) is 0 Å². The van der Waals surface area contributed by atoms with Gasteiger partial charge in [-0.2, -0.15) is 0 Å². The molecule has 0 saturated carbocycles. The predicted molar refractivity (Wildman–Crippen MR) is 69.9 cm³/mol. The highest BCUT2D eigenvalue weighted by Gasteiger charge is 2.11. The van der Waals surface area contributed by atoms with Gasteiger partial charge in [0, 0.05) is 17.0 Å². The van der Waals surface area contributed by atoms with Crippen LogP contribution in [-0.2, 0) is 0 Å². The molecule has 1 aromatic carbocycles. The Labute approximate surface area is 103 Å². The topological polar surface area (TPSA) is 51.8 Å². The number of pyridine rings is 1. The van der Waals surface area contributed by atoms with Gasteiger partial charge in [-0.1, -0.05) is 12.1 Å². The average Bonchev–Trinajstić information content (AvgIpc) is 2.91. The molecular weight excluding hydrogens is 230 g/mol. The van der Waals surface area contributed by atoms with Crippen molar-refractivity contribution in [3.05, 3.63) is 58.7 Å². The summed E-state index contributed by atoms with van der Waals surface area (Å²) in [6.07, 6.45) is 1.79. The molecule has 3 aromatic rings. The minimum atomic E-state index is -0.161. The monoisotopic (exact) mass is 241 g/mol. The standard InChI is InChI=1S/C13H11N3S/c14-13(12-7-17-8-16-12)10-3-4-11-9(6-10)2-1-5-15-11/h1-8,13H,14H2. The molecule has 3 nitrogen and oxygen atoms in total. The molecule has 0 aliphatic rings. The van der Waals surface area contributed by atoms with Crippen LogP contribution in [0.5, 0.6) is 0 Å². The maximum Gasteiger partial charge on any atom is 0.0795 e. The minimum absolute atomic E-state index is 0.161. The molecule has 0 aliphatic carbocycles. The molecule has 3 rings (SSSR count). The van der Waals surface area contributed by atoms with E-state index in [1.807, 2.05) is 29.6 Å². The summed E-state index contributed by atoms with van der Waals surface area (Å²) >= 11 is 1.56. The van der Waals surface area contributed by atoms with Crippen LogP contribution in [-0.4, -0.2) is 9.97 Å². The fourth-order valence-corrected chi connectivity index (χ4v) is 2.42. The highest BCUT2D eigenvalue weighted by Crippen LogP contribution is 2.22. The van der Waals surface area contributed by atoms with Crippen LogP contribution in [0.2, 0.25) is 0 Å². The highest BCUT2D eigenvalue weighted by atomic mass is 32.1. The van der Waals surface area contributed by atoms with Gasteiger partial charge < -0.3 is 5.73 Å². The lowest BCUT2D eigenvalue weighted by molar-refractivity contribution is 0.840. The van der Waals surface area contributed by atoms with E-state index in [4.69, 9.17) is 5.73 Å². The third-order valence-corrected chi connectivity index (χ3v) is 3.36. The van der Waals surface area contributed by atoms with Crippen LogP contribution in [0, 0.1) is 0 Å². The summed E-state index contributed by atoms with van der Waals surface area (Å²) in [6, 6.07) is 9.90. The molecule has 17 heavy (non-hydrogen) atoms. The van der Waals surface area contributed by atoms with Crippen molar-refractivity contribution >= 4 is 22.2 Å². The molecular formula is C13H11N3S. The van der Waals surface area contributed by atoms with Gasteiger partial charge in [0.1, 0.15) is 0 Å². The van der Waals surface area contributed by atoms with E-state index in [9.17, 15) is 0 Å². The van der Waals surface area contributed by atoms with E-state index in [1.165, 1.54) is 0 Å². The average molecular weight is 241 g/mol. The Hall–Kier alpha value is -1.78. The van der Waals surface area contributed by atoms with Crippen molar-refractivity contribution in [1.82, 2.24) is 9.97 Å². The summed E-state index contributed by atoms with van der Waals surface area (Å²) in [4.78, 5) is 8.54. The molecule has 4 heteroatoms. The van der Waals surface area contributed by atoms with Crippen LogP contribution >= 0.6 is 11.3 Å². The number of nitrogens with zero attached hydrogens (tertiary/aromatic N) is 2. The fourth-order valence-electron chi connectivity index (χ4n) is 1.83. The van der Waals surface area contributed by atoms with Crippen molar-refractivity contribution < 1.29 is 0 Å². The highest BCUT2D eigenvalue weighted by molar-refractivity contribution is 7.07. The number of nitrogens with two attached hydrogens (primary N) is 1. The predicted octanol–water partition coefficient (Wildman–Crippen LogP) is 2.74. The Balaban J connectivity index is 2.06. The first kappa shape index (κ1) is 10.4. The molecule has 0 amide bonds. The lowest BCUT2D eigenvalue weighted by atomic mass is 10.0. The van der Waals surface area contributed by atoms with E-state index in [1.54, 1.807) is 23.0 Å². The largest absolute Gasteiger partial charge is 0.319 e. The zero-order valence-corrected chi connectivity index (χ0v) is 9.89. The van der Waals surface area contributed by atoms with Gasteiger partial charge in [-0.3, -0.25) is 4.98 Å². The van der Waals surface area contributed by atoms with Gasteiger partial charge in [0.15, 0.2) is 0 Å². The molecule has 0 saturated heterocycles. The van der Waals surface area contributed by atoms with E-state index < -0.39 is 0 Å². The van der Waals surface area contributed by atoms with Crippen molar-refractivity contribution in [2.45, 2.75) is 6.04 Å².